The fourth-order valence-corrected chi connectivity index (χ4v) is 1.82. The van der Waals surface area contributed by atoms with Crippen LogP contribution in [0.5, 0.6) is 0 Å². The zero-order valence-electron chi connectivity index (χ0n) is 6.70. The summed E-state index contributed by atoms with van der Waals surface area (Å²) >= 11 is 4.42. The van der Waals surface area contributed by atoms with Crippen molar-refractivity contribution in [1.29, 1.82) is 0 Å². The Morgan fingerprint density at radius 2 is 2.08 bits per heavy atom. The third-order valence-corrected chi connectivity index (χ3v) is 2.58. The van der Waals surface area contributed by atoms with Crippen LogP contribution in [-0.2, 0) is 4.87 Å². The zero-order chi connectivity index (χ0) is 8.60. The lowest BCUT2D eigenvalue weighted by molar-refractivity contribution is 0.667. The van der Waals surface area contributed by atoms with Gasteiger partial charge in [-0.2, -0.15) is 12.6 Å². The summed E-state index contributed by atoms with van der Waals surface area (Å²) in [6.07, 6.45) is 4.96. The van der Waals surface area contributed by atoms with Gasteiger partial charge in [-0.3, -0.25) is 0 Å². The first-order valence-electron chi connectivity index (χ1n) is 3.97. The van der Waals surface area contributed by atoms with E-state index in [1.54, 1.807) is 0 Å². The smallest absolute Gasteiger partial charge is 0.0888 e. The predicted octanol–water partition coefficient (Wildman–Crippen LogP) is 2.14. The normalized spacial score (nSPS) is 26.8. The molecule has 1 aromatic carbocycles. The standard InChI is InChI=1S/C10H11NS/c11-10(12)7-3-5-8-4-1-2-6-9(8)10/h1-6,12H,7,11H2. The Balaban J connectivity index is 2.60. The summed E-state index contributed by atoms with van der Waals surface area (Å²) in [6.45, 7) is 0. The van der Waals surface area contributed by atoms with Gasteiger partial charge in [0.25, 0.3) is 0 Å². The SMILES string of the molecule is NC1(S)CC=Cc2ccccc21. The van der Waals surface area contributed by atoms with Crippen LogP contribution in [0.3, 0.4) is 0 Å². The molecule has 1 aliphatic carbocycles. The highest BCUT2D eigenvalue weighted by Crippen LogP contribution is 2.33. The molecule has 0 fully saturated rings. The van der Waals surface area contributed by atoms with Crippen molar-refractivity contribution in [2.75, 3.05) is 0 Å². The number of hydrogen-bond donors (Lipinski definition) is 2. The number of thiol groups is 1. The van der Waals surface area contributed by atoms with Crippen molar-refractivity contribution in [3.8, 4) is 0 Å². The van der Waals surface area contributed by atoms with Crippen molar-refractivity contribution in [3.63, 3.8) is 0 Å². The summed E-state index contributed by atoms with van der Waals surface area (Å²) in [7, 11) is 0. The first-order chi connectivity index (χ1) is 5.70. The average Bonchev–Trinajstić information content (AvgIpc) is 2.04. The van der Waals surface area contributed by atoms with Crippen molar-refractivity contribution in [2.24, 2.45) is 5.73 Å². The summed E-state index contributed by atoms with van der Waals surface area (Å²) in [5, 5.41) is 0. The number of hydrogen-bond acceptors (Lipinski definition) is 2. The fourth-order valence-electron chi connectivity index (χ4n) is 1.51. The molecule has 0 saturated carbocycles. The molecule has 0 aromatic heterocycles. The monoisotopic (exact) mass is 177 g/mol. The van der Waals surface area contributed by atoms with E-state index < -0.39 is 4.87 Å². The van der Waals surface area contributed by atoms with E-state index >= 15 is 0 Å². The molecule has 0 amide bonds. The first kappa shape index (κ1) is 7.90. The van der Waals surface area contributed by atoms with E-state index in [9.17, 15) is 0 Å². The van der Waals surface area contributed by atoms with E-state index in [1.165, 1.54) is 5.56 Å². The van der Waals surface area contributed by atoms with Gasteiger partial charge < -0.3 is 5.73 Å². The third kappa shape index (κ3) is 1.17. The molecule has 0 bridgehead atoms. The molecule has 1 unspecified atom stereocenters. The highest BCUT2D eigenvalue weighted by Gasteiger charge is 2.25. The molecule has 62 valence electrons. The quantitative estimate of drug-likeness (QED) is 0.461. The van der Waals surface area contributed by atoms with E-state index in [2.05, 4.69) is 30.8 Å². The summed E-state index contributed by atoms with van der Waals surface area (Å²) in [5.74, 6) is 0. The lowest BCUT2D eigenvalue weighted by Crippen LogP contribution is -2.31. The van der Waals surface area contributed by atoms with Crippen LogP contribution < -0.4 is 5.73 Å². The van der Waals surface area contributed by atoms with Crippen LogP contribution in [0.1, 0.15) is 17.5 Å². The molecule has 2 heteroatoms. The molecule has 2 N–H and O–H groups in total. The lowest BCUT2D eigenvalue weighted by Gasteiger charge is -2.27. The molecule has 0 saturated heterocycles. The topological polar surface area (TPSA) is 26.0 Å². The highest BCUT2D eigenvalue weighted by atomic mass is 32.1. The second-order valence-electron chi connectivity index (χ2n) is 3.12. The van der Waals surface area contributed by atoms with Crippen LogP contribution in [0.15, 0.2) is 30.3 Å². The summed E-state index contributed by atoms with van der Waals surface area (Å²) in [5.41, 5.74) is 8.31. The maximum atomic E-state index is 6.00. The van der Waals surface area contributed by atoms with Gasteiger partial charge in [0, 0.05) is 0 Å². The van der Waals surface area contributed by atoms with Crippen LogP contribution in [0.2, 0.25) is 0 Å². The summed E-state index contributed by atoms with van der Waals surface area (Å²) in [6, 6.07) is 8.10. The van der Waals surface area contributed by atoms with Gasteiger partial charge in [0.15, 0.2) is 0 Å². The van der Waals surface area contributed by atoms with Gasteiger partial charge in [0.05, 0.1) is 4.87 Å². The Morgan fingerprint density at radius 3 is 2.83 bits per heavy atom. The molecule has 12 heavy (non-hydrogen) atoms. The van der Waals surface area contributed by atoms with Crippen molar-refractivity contribution < 1.29 is 0 Å². The molecule has 1 atom stereocenters. The van der Waals surface area contributed by atoms with E-state index in [1.807, 2.05) is 18.2 Å². The van der Waals surface area contributed by atoms with Crippen molar-refractivity contribution in [2.45, 2.75) is 11.3 Å². The fraction of sp³-hybridized carbons (Fsp3) is 0.200. The number of benzene rings is 1. The summed E-state index contributed by atoms with van der Waals surface area (Å²) < 4.78 is 0. The molecule has 0 spiro atoms. The van der Waals surface area contributed by atoms with Crippen molar-refractivity contribution >= 4 is 18.7 Å². The maximum absolute atomic E-state index is 6.00. The van der Waals surface area contributed by atoms with E-state index in [0.29, 0.717) is 0 Å². The Labute approximate surface area is 77.7 Å². The summed E-state index contributed by atoms with van der Waals surface area (Å²) in [4.78, 5) is -0.481. The minimum atomic E-state index is -0.481. The van der Waals surface area contributed by atoms with Crippen LogP contribution in [0, 0.1) is 0 Å². The van der Waals surface area contributed by atoms with Crippen molar-refractivity contribution in [1.82, 2.24) is 0 Å². The second kappa shape index (κ2) is 2.64. The molecular weight excluding hydrogens is 166 g/mol. The van der Waals surface area contributed by atoms with Gasteiger partial charge in [-0.25, -0.2) is 0 Å². The predicted molar refractivity (Wildman–Crippen MR) is 54.9 cm³/mol. The minimum Gasteiger partial charge on any atom is -0.313 e. The maximum Gasteiger partial charge on any atom is 0.0888 e. The Hall–Kier alpha value is -0.730. The van der Waals surface area contributed by atoms with Crippen LogP contribution >= 0.6 is 12.6 Å². The van der Waals surface area contributed by atoms with E-state index in [4.69, 9.17) is 5.73 Å². The third-order valence-electron chi connectivity index (χ3n) is 2.15. The zero-order valence-corrected chi connectivity index (χ0v) is 7.59. The van der Waals surface area contributed by atoms with E-state index in [-0.39, 0.29) is 0 Å². The first-order valence-corrected chi connectivity index (χ1v) is 4.42. The molecule has 1 aromatic rings. The molecular formula is C10H11NS. The number of rotatable bonds is 0. The minimum absolute atomic E-state index is 0.481. The number of nitrogens with two attached hydrogens (primary N) is 1. The Kier molecular flexibility index (Phi) is 1.74. The van der Waals surface area contributed by atoms with Gasteiger partial charge in [-0.1, -0.05) is 36.4 Å². The molecule has 1 aliphatic rings. The van der Waals surface area contributed by atoms with Crippen LogP contribution in [0.4, 0.5) is 0 Å². The van der Waals surface area contributed by atoms with Gasteiger partial charge in [-0.15, -0.1) is 0 Å². The largest absolute Gasteiger partial charge is 0.313 e. The molecule has 0 heterocycles. The van der Waals surface area contributed by atoms with Crippen LogP contribution in [0.25, 0.3) is 6.08 Å². The molecule has 1 nitrogen and oxygen atoms in total. The van der Waals surface area contributed by atoms with Gasteiger partial charge in [0.1, 0.15) is 0 Å². The average molecular weight is 177 g/mol. The van der Waals surface area contributed by atoms with Gasteiger partial charge >= 0.3 is 0 Å². The van der Waals surface area contributed by atoms with Gasteiger partial charge in [-0.05, 0) is 17.5 Å². The number of fused-ring (bicyclic) bond motifs is 1. The highest BCUT2D eigenvalue weighted by molar-refractivity contribution is 7.81. The molecule has 0 radical (unpaired) electrons. The van der Waals surface area contributed by atoms with E-state index in [0.717, 1.165) is 12.0 Å². The van der Waals surface area contributed by atoms with Gasteiger partial charge in [0.2, 0.25) is 0 Å². The second-order valence-corrected chi connectivity index (χ2v) is 3.92. The molecule has 0 aliphatic heterocycles. The lowest BCUT2D eigenvalue weighted by atomic mass is 9.93. The molecule has 2 rings (SSSR count). The van der Waals surface area contributed by atoms with Crippen molar-refractivity contribution in [3.05, 3.63) is 41.5 Å². The Morgan fingerprint density at radius 1 is 1.33 bits per heavy atom. The Bertz CT molecular complexity index is 328. The van der Waals surface area contributed by atoms with Crippen LogP contribution in [-0.4, -0.2) is 0 Å².